The zero-order valence-corrected chi connectivity index (χ0v) is 21.5. The van der Waals surface area contributed by atoms with E-state index in [-0.39, 0.29) is 18.4 Å². The molecule has 0 bridgehead atoms. The Morgan fingerprint density at radius 2 is 1.41 bits per heavy atom. The van der Waals surface area contributed by atoms with Gasteiger partial charge < -0.3 is 15.4 Å². The summed E-state index contributed by atoms with van der Waals surface area (Å²) in [5.74, 6) is -0.523. The van der Waals surface area contributed by atoms with Crippen LogP contribution in [0, 0.1) is 6.92 Å². The van der Waals surface area contributed by atoms with Gasteiger partial charge in [-0.15, -0.1) is 0 Å². The second-order valence-electron chi connectivity index (χ2n) is 9.51. The minimum absolute atomic E-state index is 0.220. The van der Waals surface area contributed by atoms with Crippen molar-refractivity contribution in [2.24, 2.45) is 0 Å². The molecular formula is C32H29N3O4. The van der Waals surface area contributed by atoms with Crippen molar-refractivity contribution in [1.82, 2.24) is 10.2 Å². The van der Waals surface area contributed by atoms with Crippen LogP contribution in [0.5, 0.6) is 0 Å². The molecule has 0 radical (unpaired) electrons. The van der Waals surface area contributed by atoms with Crippen LogP contribution < -0.4 is 10.6 Å². The van der Waals surface area contributed by atoms with Crippen molar-refractivity contribution in [3.05, 3.63) is 137 Å². The van der Waals surface area contributed by atoms with E-state index in [9.17, 15) is 14.4 Å². The number of rotatable bonds is 8. The summed E-state index contributed by atoms with van der Waals surface area (Å²) in [6.07, 6.45) is -1.36. The molecule has 196 valence electrons. The Balaban J connectivity index is 1.35. The van der Waals surface area contributed by atoms with Gasteiger partial charge in [-0.25, -0.2) is 4.79 Å². The van der Waals surface area contributed by atoms with Crippen molar-refractivity contribution < 1.29 is 19.1 Å². The first-order valence-electron chi connectivity index (χ1n) is 12.8. The van der Waals surface area contributed by atoms with Crippen LogP contribution in [0.3, 0.4) is 0 Å². The van der Waals surface area contributed by atoms with Crippen LogP contribution in [-0.2, 0) is 22.6 Å². The molecule has 39 heavy (non-hydrogen) atoms. The second-order valence-corrected chi connectivity index (χ2v) is 9.51. The first kappa shape index (κ1) is 25.7. The molecule has 2 N–H and O–H groups in total. The number of aryl methyl sites for hydroxylation is 1. The standard InChI is InChI=1S/C32H29N3O4/c1-22-12-14-26(15-13-22)30(36)34-27-18-16-25(17-19-27)29-28(31(37)33-20-23-8-4-2-5-9-23)35(32(38)39-29)21-24-10-6-3-7-11-24/h2-19,28-29H,20-21H2,1H3,(H,33,37)(H,34,36)/t28-,29-/m1/s1. The molecule has 0 saturated carbocycles. The highest BCUT2D eigenvalue weighted by molar-refractivity contribution is 6.04. The molecule has 0 unspecified atom stereocenters. The number of cyclic esters (lactones) is 1. The molecule has 4 aromatic rings. The molecule has 2 atom stereocenters. The largest absolute Gasteiger partial charge is 0.438 e. The smallest absolute Gasteiger partial charge is 0.411 e. The van der Waals surface area contributed by atoms with E-state index in [0.717, 1.165) is 16.7 Å². The Kier molecular flexibility index (Phi) is 7.68. The van der Waals surface area contributed by atoms with Crippen LogP contribution in [0.2, 0.25) is 0 Å². The maximum atomic E-state index is 13.5. The maximum absolute atomic E-state index is 13.5. The molecule has 0 aromatic heterocycles. The van der Waals surface area contributed by atoms with E-state index in [1.54, 1.807) is 36.4 Å². The number of anilines is 1. The Labute approximate surface area is 227 Å². The molecule has 7 nitrogen and oxygen atoms in total. The van der Waals surface area contributed by atoms with Gasteiger partial charge in [-0.05, 0) is 47.9 Å². The third-order valence-electron chi connectivity index (χ3n) is 6.67. The zero-order valence-electron chi connectivity index (χ0n) is 21.5. The Hall–Kier alpha value is -4.91. The first-order chi connectivity index (χ1) is 19.0. The molecule has 1 saturated heterocycles. The average molecular weight is 520 g/mol. The molecule has 0 spiro atoms. The number of hydrogen-bond donors (Lipinski definition) is 2. The summed E-state index contributed by atoms with van der Waals surface area (Å²) in [5, 5.41) is 5.85. The van der Waals surface area contributed by atoms with Crippen molar-refractivity contribution in [1.29, 1.82) is 0 Å². The van der Waals surface area contributed by atoms with E-state index < -0.39 is 18.2 Å². The summed E-state index contributed by atoms with van der Waals surface area (Å²) in [7, 11) is 0. The Morgan fingerprint density at radius 3 is 2.05 bits per heavy atom. The predicted octanol–water partition coefficient (Wildman–Crippen LogP) is 5.63. The van der Waals surface area contributed by atoms with E-state index in [1.807, 2.05) is 79.7 Å². The number of ether oxygens (including phenoxy) is 1. The van der Waals surface area contributed by atoms with Crippen LogP contribution in [-0.4, -0.2) is 28.8 Å². The fraction of sp³-hybridized carbons (Fsp3) is 0.156. The van der Waals surface area contributed by atoms with Crippen molar-refractivity contribution in [3.63, 3.8) is 0 Å². The minimum atomic E-state index is -0.866. The number of amides is 3. The SMILES string of the molecule is Cc1ccc(C(=O)Nc2ccc([C@H]3OC(=O)N(Cc4ccccc4)[C@H]3C(=O)NCc3ccccc3)cc2)cc1. The van der Waals surface area contributed by atoms with Crippen LogP contribution >= 0.6 is 0 Å². The first-order valence-corrected chi connectivity index (χ1v) is 12.8. The monoisotopic (exact) mass is 519 g/mol. The van der Waals surface area contributed by atoms with Crippen LogP contribution in [0.4, 0.5) is 10.5 Å². The number of nitrogens with one attached hydrogen (secondary N) is 2. The molecule has 5 rings (SSSR count). The van der Waals surface area contributed by atoms with E-state index >= 15 is 0 Å². The third kappa shape index (κ3) is 6.15. The molecule has 7 heteroatoms. The minimum Gasteiger partial charge on any atom is -0.438 e. The fourth-order valence-electron chi connectivity index (χ4n) is 4.54. The van der Waals surface area contributed by atoms with Gasteiger partial charge in [0.2, 0.25) is 5.91 Å². The van der Waals surface area contributed by atoms with Crippen LogP contribution in [0.1, 0.15) is 38.7 Å². The maximum Gasteiger partial charge on any atom is 0.411 e. The van der Waals surface area contributed by atoms with Gasteiger partial charge in [0.25, 0.3) is 5.91 Å². The number of carbonyl (C=O) groups excluding carboxylic acids is 3. The normalized spacial score (nSPS) is 16.4. The topological polar surface area (TPSA) is 87.7 Å². The predicted molar refractivity (Wildman–Crippen MR) is 149 cm³/mol. The van der Waals surface area contributed by atoms with E-state index in [1.165, 1.54) is 4.90 Å². The summed E-state index contributed by atoms with van der Waals surface area (Å²) in [5.41, 5.74) is 4.74. The quantitative estimate of drug-likeness (QED) is 0.316. The van der Waals surface area contributed by atoms with Gasteiger partial charge in [-0.1, -0.05) is 90.5 Å². The highest BCUT2D eigenvalue weighted by Gasteiger charge is 2.46. The van der Waals surface area contributed by atoms with Crippen molar-refractivity contribution in [2.45, 2.75) is 32.2 Å². The summed E-state index contributed by atoms with van der Waals surface area (Å²) < 4.78 is 5.76. The van der Waals surface area contributed by atoms with Crippen LogP contribution in [0.15, 0.2) is 109 Å². The number of carbonyl (C=O) groups is 3. The van der Waals surface area contributed by atoms with Gasteiger partial charge in [0.1, 0.15) is 0 Å². The number of hydrogen-bond acceptors (Lipinski definition) is 4. The third-order valence-corrected chi connectivity index (χ3v) is 6.67. The van der Waals surface area contributed by atoms with E-state index in [2.05, 4.69) is 10.6 Å². The van der Waals surface area contributed by atoms with Gasteiger partial charge in [0.15, 0.2) is 12.1 Å². The van der Waals surface area contributed by atoms with E-state index in [0.29, 0.717) is 23.4 Å². The summed E-state index contributed by atoms with van der Waals surface area (Å²) in [6, 6.07) is 32.6. The molecule has 1 aliphatic rings. The fourth-order valence-corrected chi connectivity index (χ4v) is 4.54. The Bertz CT molecular complexity index is 1440. The molecule has 0 aliphatic carbocycles. The average Bonchev–Trinajstić information content (AvgIpc) is 3.29. The summed E-state index contributed by atoms with van der Waals surface area (Å²) in [4.78, 5) is 40.6. The highest BCUT2D eigenvalue weighted by atomic mass is 16.6. The van der Waals surface area contributed by atoms with Gasteiger partial charge in [0.05, 0.1) is 6.54 Å². The molecule has 3 amide bonds. The summed E-state index contributed by atoms with van der Waals surface area (Å²) >= 11 is 0. The molecule has 1 heterocycles. The lowest BCUT2D eigenvalue weighted by Crippen LogP contribution is -2.46. The van der Waals surface area contributed by atoms with Gasteiger partial charge in [-0.2, -0.15) is 0 Å². The lowest BCUT2D eigenvalue weighted by atomic mass is 10.00. The summed E-state index contributed by atoms with van der Waals surface area (Å²) in [6.45, 7) is 2.54. The van der Waals surface area contributed by atoms with Gasteiger partial charge in [0, 0.05) is 17.8 Å². The lowest BCUT2D eigenvalue weighted by molar-refractivity contribution is -0.126. The molecule has 1 fully saturated rings. The highest BCUT2D eigenvalue weighted by Crippen LogP contribution is 2.34. The van der Waals surface area contributed by atoms with Crippen molar-refractivity contribution in [3.8, 4) is 0 Å². The van der Waals surface area contributed by atoms with E-state index in [4.69, 9.17) is 4.74 Å². The number of nitrogens with zero attached hydrogens (tertiary/aromatic N) is 1. The Morgan fingerprint density at radius 1 is 0.795 bits per heavy atom. The molecule has 4 aromatic carbocycles. The second kappa shape index (κ2) is 11.6. The van der Waals surface area contributed by atoms with Crippen molar-refractivity contribution >= 4 is 23.6 Å². The van der Waals surface area contributed by atoms with Crippen molar-refractivity contribution in [2.75, 3.05) is 5.32 Å². The molecule has 1 aliphatic heterocycles. The van der Waals surface area contributed by atoms with Gasteiger partial charge in [-0.3, -0.25) is 14.5 Å². The lowest BCUT2D eigenvalue weighted by Gasteiger charge is -2.24. The van der Waals surface area contributed by atoms with Gasteiger partial charge >= 0.3 is 6.09 Å². The van der Waals surface area contributed by atoms with Crippen LogP contribution in [0.25, 0.3) is 0 Å². The number of benzene rings is 4. The zero-order chi connectivity index (χ0) is 27.2. The molecular weight excluding hydrogens is 490 g/mol.